The molecule has 5 nitrogen and oxygen atoms in total. The van der Waals surface area contributed by atoms with E-state index in [4.69, 9.17) is 0 Å². The average Bonchev–Trinajstić information content (AvgIpc) is 3.22. The highest BCUT2D eigenvalue weighted by Gasteiger charge is 2.44. The second-order valence-electron chi connectivity index (χ2n) is 6.17. The molecule has 1 aromatic heterocycles. The predicted molar refractivity (Wildman–Crippen MR) is 92.6 cm³/mol. The van der Waals surface area contributed by atoms with Crippen molar-refractivity contribution < 1.29 is 9.18 Å². The van der Waals surface area contributed by atoms with Crippen molar-refractivity contribution in [3.63, 3.8) is 0 Å². The summed E-state index contributed by atoms with van der Waals surface area (Å²) in [5.41, 5.74) is 1.87. The van der Waals surface area contributed by atoms with E-state index < -0.39 is 6.04 Å². The largest absolute Gasteiger partial charge is 0.354 e. The Bertz CT molecular complexity index is 697. The molecule has 0 aliphatic heterocycles. The van der Waals surface area contributed by atoms with Crippen LogP contribution < -0.4 is 10.6 Å². The summed E-state index contributed by atoms with van der Waals surface area (Å²) in [5.74, 6) is -0.311. The lowest BCUT2D eigenvalue weighted by atomic mass is 9.95. The molecule has 1 aromatic carbocycles. The summed E-state index contributed by atoms with van der Waals surface area (Å²) >= 11 is 0. The molecule has 0 saturated heterocycles. The quantitative estimate of drug-likeness (QED) is 0.837. The van der Waals surface area contributed by atoms with Gasteiger partial charge in [0.05, 0.1) is 6.20 Å². The van der Waals surface area contributed by atoms with Crippen molar-refractivity contribution in [3.05, 3.63) is 53.6 Å². The van der Waals surface area contributed by atoms with E-state index in [1.807, 2.05) is 25.4 Å². The summed E-state index contributed by atoms with van der Waals surface area (Å²) in [6.07, 6.45) is 5.53. The Morgan fingerprint density at radius 1 is 1.38 bits per heavy atom. The standard InChI is InChI=1S/C17H21FN4O.ClH/c1-19-15(12-9-21-22(2)10-12)16(23)20-11-17(7-8-17)13-3-5-14(18)6-4-13;/h3-6,9-10,15,19H,7-8,11H2,1-2H3,(H,20,23);1H. The van der Waals surface area contributed by atoms with E-state index in [2.05, 4.69) is 15.7 Å². The van der Waals surface area contributed by atoms with Crippen LogP contribution in [0.1, 0.15) is 30.0 Å². The van der Waals surface area contributed by atoms with Gasteiger partial charge in [-0.05, 0) is 37.6 Å². The number of carbonyl (C=O) groups excluding carboxylic acids is 1. The Morgan fingerprint density at radius 2 is 2.04 bits per heavy atom. The number of rotatable bonds is 6. The molecule has 0 bridgehead atoms. The Balaban J connectivity index is 0.00000208. The second kappa shape index (κ2) is 7.32. The highest BCUT2D eigenvalue weighted by Crippen LogP contribution is 2.47. The smallest absolute Gasteiger partial charge is 0.241 e. The lowest BCUT2D eigenvalue weighted by molar-refractivity contribution is -0.123. The maximum atomic E-state index is 13.1. The van der Waals surface area contributed by atoms with Gasteiger partial charge in [-0.1, -0.05) is 12.1 Å². The van der Waals surface area contributed by atoms with Gasteiger partial charge in [-0.2, -0.15) is 5.10 Å². The molecule has 1 fully saturated rings. The van der Waals surface area contributed by atoms with Crippen molar-refractivity contribution in [3.8, 4) is 0 Å². The zero-order valence-electron chi connectivity index (χ0n) is 13.8. The molecule has 1 atom stereocenters. The maximum Gasteiger partial charge on any atom is 0.241 e. The highest BCUT2D eigenvalue weighted by molar-refractivity contribution is 5.85. The number of carbonyl (C=O) groups is 1. The first-order chi connectivity index (χ1) is 11.0. The molecule has 1 unspecified atom stereocenters. The summed E-state index contributed by atoms with van der Waals surface area (Å²) in [5, 5.41) is 10.2. The van der Waals surface area contributed by atoms with Gasteiger partial charge in [-0.25, -0.2) is 4.39 Å². The number of hydrogen-bond donors (Lipinski definition) is 2. The van der Waals surface area contributed by atoms with Crippen molar-refractivity contribution in [1.29, 1.82) is 0 Å². The number of nitrogens with one attached hydrogen (secondary N) is 2. The van der Waals surface area contributed by atoms with Gasteiger partial charge in [0.15, 0.2) is 0 Å². The van der Waals surface area contributed by atoms with Crippen molar-refractivity contribution in [2.24, 2.45) is 7.05 Å². The van der Waals surface area contributed by atoms with Crippen LogP contribution in [0, 0.1) is 5.82 Å². The lowest BCUT2D eigenvalue weighted by Gasteiger charge is -2.20. The summed E-state index contributed by atoms with van der Waals surface area (Å²) in [4.78, 5) is 12.5. The number of halogens is 2. The summed E-state index contributed by atoms with van der Waals surface area (Å²) in [6, 6.07) is 6.15. The SMILES string of the molecule is CNC(C(=O)NCC1(c2ccc(F)cc2)CC1)c1cnn(C)c1.Cl. The minimum Gasteiger partial charge on any atom is -0.354 e. The van der Waals surface area contributed by atoms with Crippen LogP contribution in [0.3, 0.4) is 0 Å². The zero-order chi connectivity index (χ0) is 16.4. The molecule has 24 heavy (non-hydrogen) atoms. The number of benzene rings is 1. The average molecular weight is 353 g/mol. The maximum absolute atomic E-state index is 13.1. The Labute approximate surface area is 147 Å². The number of aryl methyl sites for hydroxylation is 1. The molecule has 1 saturated carbocycles. The molecule has 130 valence electrons. The van der Waals surface area contributed by atoms with Gasteiger partial charge < -0.3 is 10.6 Å². The van der Waals surface area contributed by atoms with Crippen LogP contribution in [-0.4, -0.2) is 29.3 Å². The highest BCUT2D eigenvalue weighted by atomic mass is 35.5. The normalized spacial score (nSPS) is 16.1. The number of hydrogen-bond acceptors (Lipinski definition) is 3. The van der Waals surface area contributed by atoms with Crippen LogP contribution >= 0.6 is 12.4 Å². The fourth-order valence-corrected chi connectivity index (χ4v) is 2.92. The van der Waals surface area contributed by atoms with Gasteiger partial charge >= 0.3 is 0 Å². The molecule has 1 aliphatic rings. The topological polar surface area (TPSA) is 59.0 Å². The van der Waals surface area contributed by atoms with E-state index in [0.29, 0.717) is 6.54 Å². The molecular formula is C17H22ClFN4O. The summed E-state index contributed by atoms with van der Waals surface area (Å²) < 4.78 is 14.7. The van der Waals surface area contributed by atoms with Crippen LogP contribution in [0.15, 0.2) is 36.7 Å². The molecule has 7 heteroatoms. The van der Waals surface area contributed by atoms with Crippen LogP contribution in [-0.2, 0) is 17.3 Å². The number of amides is 1. The predicted octanol–water partition coefficient (Wildman–Crippen LogP) is 2.09. The first-order valence-electron chi connectivity index (χ1n) is 7.74. The van der Waals surface area contributed by atoms with Gasteiger partial charge in [-0.3, -0.25) is 9.48 Å². The van der Waals surface area contributed by atoms with E-state index in [0.717, 1.165) is 24.0 Å². The van der Waals surface area contributed by atoms with Crippen molar-refractivity contribution in [2.75, 3.05) is 13.6 Å². The molecular weight excluding hydrogens is 331 g/mol. The first-order valence-corrected chi connectivity index (χ1v) is 7.74. The van der Waals surface area contributed by atoms with Crippen molar-refractivity contribution in [1.82, 2.24) is 20.4 Å². The fraction of sp³-hybridized carbons (Fsp3) is 0.412. The van der Waals surface area contributed by atoms with Gasteiger partial charge in [0.1, 0.15) is 11.9 Å². The Kier molecular flexibility index (Phi) is 5.62. The van der Waals surface area contributed by atoms with Gasteiger partial charge in [0.2, 0.25) is 5.91 Å². The monoisotopic (exact) mass is 352 g/mol. The van der Waals surface area contributed by atoms with Gasteiger partial charge in [0, 0.05) is 30.8 Å². The van der Waals surface area contributed by atoms with E-state index >= 15 is 0 Å². The van der Waals surface area contributed by atoms with Crippen LogP contribution in [0.2, 0.25) is 0 Å². The van der Waals surface area contributed by atoms with Crippen LogP contribution in [0.25, 0.3) is 0 Å². The van der Waals surface area contributed by atoms with E-state index in [-0.39, 0.29) is 29.5 Å². The molecule has 2 N–H and O–H groups in total. The van der Waals surface area contributed by atoms with Crippen LogP contribution in [0.5, 0.6) is 0 Å². The molecule has 0 radical (unpaired) electrons. The minimum absolute atomic E-state index is 0. The molecule has 1 amide bonds. The second-order valence-corrected chi connectivity index (χ2v) is 6.17. The Morgan fingerprint density at radius 3 is 2.54 bits per heavy atom. The Hall–Kier alpha value is -1.92. The summed E-state index contributed by atoms with van der Waals surface area (Å²) in [7, 11) is 3.58. The third-order valence-electron chi connectivity index (χ3n) is 4.52. The number of likely N-dealkylation sites (N-methyl/N-ethyl adjacent to an activating group) is 1. The molecule has 3 rings (SSSR count). The van der Waals surface area contributed by atoms with Gasteiger partial charge in [-0.15, -0.1) is 12.4 Å². The van der Waals surface area contributed by atoms with E-state index in [1.54, 1.807) is 17.9 Å². The lowest BCUT2D eigenvalue weighted by Crippen LogP contribution is -2.39. The van der Waals surface area contributed by atoms with Gasteiger partial charge in [0.25, 0.3) is 0 Å². The van der Waals surface area contributed by atoms with Crippen LogP contribution in [0.4, 0.5) is 4.39 Å². The third-order valence-corrected chi connectivity index (χ3v) is 4.52. The minimum atomic E-state index is -0.423. The summed E-state index contributed by atoms with van der Waals surface area (Å²) in [6.45, 7) is 0.565. The fourth-order valence-electron chi connectivity index (χ4n) is 2.92. The van der Waals surface area contributed by atoms with Crippen molar-refractivity contribution in [2.45, 2.75) is 24.3 Å². The molecule has 2 aromatic rings. The van der Waals surface area contributed by atoms with E-state index in [9.17, 15) is 9.18 Å². The molecule has 1 aliphatic carbocycles. The van der Waals surface area contributed by atoms with E-state index in [1.165, 1.54) is 12.1 Å². The third kappa shape index (κ3) is 3.76. The number of nitrogens with zero attached hydrogens (tertiary/aromatic N) is 2. The number of aromatic nitrogens is 2. The molecule has 1 heterocycles. The molecule has 0 spiro atoms. The zero-order valence-corrected chi connectivity index (χ0v) is 14.6. The first kappa shape index (κ1) is 18.4. The van der Waals surface area contributed by atoms with Crippen molar-refractivity contribution >= 4 is 18.3 Å².